The molecule has 0 atom stereocenters. The zero-order valence-corrected chi connectivity index (χ0v) is 12.5. The Hall–Kier alpha value is -3.22. The van der Waals surface area contributed by atoms with E-state index in [9.17, 15) is 4.79 Å². The molecule has 2 aromatic heterocycles. The molecule has 0 radical (unpaired) electrons. The van der Waals surface area contributed by atoms with Crippen LogP contribution in [0.3, 0.4) is 0 Å². The van der Waals surface area contributed by atoms with Gasteiger partial charge < -0.3 is 10.1 Å². The fraction of sp³-hybridized carbons (Fsp3) is 0.125. The number of anilines is 1. The fourth-order valence-electron chi connectivity index (χ4n) is 1.95. The monoisotopic (exact) mass is 309 g/mol. The number of para-hydroxylation sites is 1. The van der Waals surface area contributed by atoms with Gasteiger partial charge in [-0.05, 0) is 24.6 Å². The number of hydrogen-bond acceptors (Lipinski definition) is 5. The molecule has 1 N–H and O–H groups in total. The number of aromatic nitrogens is 4. The molecule has 0 aliphatic heterocycles. The van der Waals surface area contributed by atoms with E-state index in [0.29, 0.717) is 17.4 Å². The van der Waals surface area contributed by atoms with E-state index in [2.05, 4.69) is 20.4 Å². The molecule has 0 aliphatic rings. The summed E-state index contributed by atoms with van der Waals surface area (Å²) in [6.45, 7) is 1.85. The third-order valence-electron chi connectivity index (χ3n) is 3.08. The maximum atomic E-state index is 11.9. The van der Waals surface area contributed by atoms with Crippen molar-refractivity contribution in [2.24, 2.45) is 0 Å². The van der Waals surface area contributed by atoms with Crippen molar-refractivity contribution >= 4 is 11.6 Å². The Morgan fingerprint density at radius 3 is 2.70 bits per heavy atom. The van der Waals surface area contributed by atoms with Crippen LogP contribution in [0.15, 0.2) is 55.1 Å². The minimum atomic E-state index is -0.274. The van der Waals surface area contributed by atoms with Crippen molar-refractivity contribution in [1.82, 2.24) is 19.7 Å². The maximum Gasteiger partial charge on any atom is 0.262 e. The van der Waals surface area contributed by atoms with Crippen molar-refractivity contribution in [2.75, 3.05) is 11.9 Å². The summed E-state index contributed by atoms with van der Waals surface area (Å²) < 4.78 is 7.02. The lowest BCUT2D eigenvalue weighted by Crippen LogP contribution is -2.20. The zero-order valence-electron chi connectivity index (χ0n) is 12.5. The van der Waals surface area contributed by atoms with Crippen LogP contribution in [0.25, 0.3) is 5.95 Å². The van der Waals surface area contributed by atoms with Crippen LogP contribution in [0.2, 0.25) is 0 Å². The van der Waals surface area contributed by atoms with Crippen LogP contribution in [-0.2, 0) is 4.79 Å². The summed E-state index contributed by atoms with van der Waals surface area (Å²) in [6, 6.07) is 9.31. The number of nitrogens with zero attached hydrogens (tertiary/aromatic N) is 4. The van der Waals surface area contributed by atoms with Gasteiger partial charge in [0.1, 0.15) is 5.75 Å². The molecule has 7 nitrogen and oxygen atoms in total. The first-order valence-electron chi connectivity index (χ1n) is 7.03. The predicted molar refractivity (Wildman–Crippen MR) is 84.5 cm³/mol. The van der Waals surface area contributed by atoms with Crippen LogP contribution in [0.4, 0.5) is 5.69 Å². The number of carbonyl (C=O) groups excluding carboxylic acids is 1. The third kappa shape index (κ3) is 3.70. The molecule has 1 aromatic carbocycles. The Kier molecular flexibility index (Phi) is 4.28. The van der Waals surface area contributed by atoms with Crippen molar-refractivity contribution in [2.45, 2.75) is 6.92 Å². The van der Waals surface area contributed by atoms with E-state index in [1.54, 1.807) is 18.5 Å². The second kappa shape index (κ2) is 6.69. The summed E-state index contributed by atoms with van der Waals surface area (Å²) in [5.74, 6) is 0.848. The molecule has 7 heteroatoms. The van der Waals surface area contributed by atoms with Gasteiger partial charge in [-0.15, -0.1) is 0 Å². The van der Waals surface area contributed by atoms with E-state index in [4.69, 9.17) is 4.74 Å². The average molecular weight is 309 g/mol. The molecule has 23 heavy (non-hydrogen) atoms. The molecule has 0 aliphatic carbocycles. The quantitative estimate of drug-likeness (QED) is 0.779. The Morgan fingerprint density at radius 2 is 2.00 bits per heavy atom. The molecular weight excluding hydrogens is 294 g/mol. The zero-order chi connectivity index (χ0) is 16.1. The van der Waals surface area contributed by atoms with E-state index in [1.165, 1.54) is 17.1 Å². The Balaban J connectivity index is 1.57. The molecule has 0 spiro atoms. The Labute approximate surface area is 133 Å². The highest BCUT2D eigenvalue weighted by atomic mass is 16.5. The molecule has 0 fully saturated rings. The van der Waals surface area contributed by atoms with Crippen LogP contribution in [-0.4, -0.2) is 32.3 Å². The predicted octanol–water partition coefficient (Wildman–Crippen LogP) is 1.99. The number of hydrogen-bond donors (Lipinski definition) is 1. The lowest BCUT2D eigenvalue weighted by Gasteiger charge is -2.09. The van der Waals surface area contributed by atoms with E-state index < -0.39 is 0 Å². The van der Waals surface area contributed by atoms with Crippen LogP contribution in [0.1, 0.15) is 5.56 Å². The molecular formula is C16H15N5O2. The first kappa shape index (κ1) is 14.7. The molecule has 0 unspecified atom stereocenters. The van der Waals surface area contributed by atoms with Crippen molar-refractivity contribution in [3.63, 3.8) is 0 Å². The van der Waals surface area contributed by atoms with Gasteiger partial charge in [0.15, 0.2) is 6.61 Å². The van der Waals surface area contributed by atoms with Gasteiger partial charge in [-0.1, -0.05) is 18.2 Å². The normalized spacial score (nSPS) is 10.3. The number of aryl methyl sites for hydroxylation is 1. The lowest BCUT2D eigenvalue weighted by molar-refractivity contribution is -0.118. The third-order valence-corrected chi connectivity index (χ3v) is 3.08. The minimum Gasteiger partial charge on any atom is -0.483 e. The minimum absolute atomic E-state index is 0.0776. The van der Waals surface area contributed by atoms with Crippen LogP contribution >= 0.6 is 0 Å². The SMILES string of the molecule is Cc1ccccc1OCC(=O)Nc1cnc(-n2cccn2)nc1. The largest absolute Gasteiger partial charge is 0.483 e. The summed E-state index contributed by atoms with van der Waals surface area (Å²) >= 11 is 0. The summed E-state index contributed by atoms with van der Waals surface area (Å²) in [5.41, 5.74) is 1.48. The van der Waals surface area contributed by atoms with Gasteiger partial charge >= 0.3 is 0 Å². The number of rotatable bonds is 5. The van der Waals surface area contributed by atoms with Crippen molar-refractivity contribution in [3.8, 4) is 11.7 Å². The van der Waals surface area contributed by atoms with Crippen LogP contribution in [0.5, 0.6) is 5.75 Å². The smallest absolute Gasteiger partial charge is 0.262 e. The number of benzene rings is 1. The molecule has 0 bridgehead atoms. The maximum absolute atomic E-state index is 11.9. The first-order chi connectivity index (χ1) is 11.2. The summed E-state index contributed by atoms with van der Waals surface area (Å²) in [4.78, 5) is 20.2. The van der Waals surface area contributed by atoms with Crippen molar-refractivity contribution in [1.29, 1.82) is 0 Å². The van der Waals surface area contributed by atoms with Gasteiger partial charge in [0.05, 0.1) is 18.1 Å². The molecule has 0 saturated carbocycles. The van der Waals surface area contributed by atoms with Gasteiger partial charge in [0.2, 0.25) is 0 Å². The highest BCUT2D eigenvalue weighted by Gasteiger charge is 2.06. The summed E-state index contributed by atoms with van der Waals surface area (Å²) in [6.07, 6.45) is 6.43. The number of nitrogens with one attached hydrogen (secondary N) is 1. The second-order valence-electron chi connectivity index (χ2n) is 4.82. The van der Waals surface area contributed by atoms with E-state index in [1.807, 2.05) is 31.2 Å². The van der Waals surface area contributed by atoms with Crippen molar-refractivity contribution in [3.05, 3.63) is 60.7 Å². The summed E-state index contributed by atoms with van der Waals surface area (Å²) in [5, 5.41) is 6.72. The second-order valence-corrected chi connectivity index (χ2v) is 4.82. The standard InChI is InChI=1S/C16H15N5O2/c1-12-5-2-3-6-14(12)23-11-15(22)20-13-9-17-16(18-10-13)21-8-4-7-19-21/h2-10H,11H2,1H3,(H,20,22). The highest BCUT2D eigenvalue weighted by Crippen LogP contribution is 2.16. The first-order valence-corrected chi connectivity index (χ1v) is 7.03. The van der Waals surface area contributed by atoms with Gasteiger partial charge in [0, 0.05) is 12.4 Å². The van der Waals surface area contributed by atoms with Crippen LogP contribution in [0, 0.1) is 6.92 Å². The lowest BCUT2D eigenvalue weighted by atomic mass is 10.2. The number of amides is 1. The molecule has 3 rings (SSSR count). The fourth-order valence-corrected chi connectivity index (χ4v) is 1.95. The van der Waals surface area contributed by atoms with Gasteiger partial charge in [0.25, 0.3) is 11.9 Å². The van der Waals surface area contributed by atoms with E-state index in [-0.39, 0.29) is 12.5 Å². The molecule has 3 aromatic rings. The van der Waals surface area contributed by atoms with E-state index in [0.717, 1.165) is 5.56 Å². The van der Waals surface area contributed by atoms with Gasteiger partial charge in [-0.2, -0.15) is 5.10 Å². The Morgan fingerprint density at radius 1 is 1.22 bits per heavy atom. The number of ether oxygens (including phenoxy) is 1. The highest BCUT2D eigenvalue weighted by molar-refractivity contribution is 5.91. The number of carbonyl (C=O) groups is 1. The molecule has 2 heterocycles. The molecule has 1 amide bonds. The average Bonchev–Trinajstić information content (AvgIpc) is 3.09. The van der Waals surface area contributed by atoms with Crippen LogP contribution < -0.4 is 10.1 Å². The molecule has 0 saturated heterocycles. The Bertz CT molecular complexity index is 784. The summed E-state index contributed by atoms with van der Waals surface area (Å²) in [7, 11) is 0. The van der Waals surface area contributed by atoms with E-state index >= 15 is 0 Å². The topological polar surface area (TPSA) is 81.9 Å². The van der Waals surface area contributed by atoms with Crippen molar-refractivity contribution < 1.29 is 9.53 Å². The van der Waals surface area contributed by atoms with Gasteiger partial charge in [-0.3, -0.25) is 4.79 Å². The van der Waals surface area contributed by atoms with Gasteiger partial charge in [-0.25, -0.2) is 14.6 Å². The molecule has 116 valence electrons.